The summed E-state index contributed by atoms with van der Waals surface area (Å²) in [4.78, 5) is 24.0. The van der Waals surface area contributed by atoms with Gasteiger partial charge in [-0.15, -0.1) is 0 Å². The molecule has 6 N–H and O–H groups in total. The Bertz CT molecular complexity index is 922. The molecule has 0 aromatic heterocycles. The summed E-state index contributed by atoms with van der Waals surface area (Å²) >= 11 is 0. The van der Waals surface area contributed by atoms with Crippen LogP contribution < -0.4 is 31.2 Å². The molecule has 0 atom stereocenters. The molecule has 2 amide bonds. The van der Waals surface area contributed by atoms with Crippen molar-refractivity contribution in [3.05, 3.63) is 47.5 Å². The smallest absolute Gasteiger partial charge is 0.234 e. The number of phenolic OH excluding ortho intramolecular Hbond substituents is 2. The molecule has 0 aliphatic carbocycles. The number of carbonyl (C=O) groups is 2. The van der Waals surface area contributed by atoms with Crippen LogP contribution in [0.25, 0.3) is 0 Å². The van der Waals surface area contributed by atoms with Crippen molar-refractivity contribution in [2.75, 3.05) is 13.2 Å². The van der Waals surface area contributed by atoms with E-state index in [0.717, 1.165) is 49.7 Å². The maximum Gasteiger partial charge on any atom is 0.234 e. The Balaban J connectivity index is 1.45. The van der Waals surface area contributed by atoms with E-state index in [2.05, 4.69) is 21.7 Å². The van der Waals surface area contributed by atoms with Crippen molar-refractivity contribution in [3.63, 3.8) is 0 Å². The first-order valence-electron chi connectivity index (χ1n) is 13.4. The number of rotatable bonds is 19. The van der Waals surface area contributed by atoms with Crippen LogP contribution in [-0.4, -0.2) is 35.2 Å². The third-order valence-corrected chi connectivity index (χ3v) is 5.75. The number of amides is 2. The number of carbonyl (C=O) groups excluding carboxylic acids is 2. The van der Waals surface area contributed by atoms with E-state index in [1.165, 1.54) is 0 Å². The van der Waals surface area contributed by atoms with E-state index in [-0.39, 0.29) is 23.3 Å². The predicted octanol–water partition coefficient (Wildman–Crippen LogP) is 3.96. The molecule has 0 aliphatic rings. The minimum Gasteiger partial charge on any atom is -0.504 e. The standard InChI is InChI=1S/C28H42N4O6/c1-3-37-25-17-21(13-15-23(25)33)19-29-31-27(35)11-9-7-5-6-8-10-12-28(36)32-30-20-22-14-16-24(34)26(18-22)38-4-2/h13-18,29-30,33-34H,3-12,19-20H2,1-2H3,(H,31,35)(H,32,36). The fourth-order valence-corrected chi connectivity index (χ4v) is 3.77. The summed E-state index contributed by atoms with van der Waals surface area (Å²) in [6.07, 6.45) is 6.51. The number of benzene rings is 2. The molecule has 0 heterocycles. The quantitative estimate of drug-likeness (QED) is 0.118. The molecule has 2 aromatic carbocycles. The van der Waals surface area contributed by atoms with E-state index in [0.29, 0.717) is 50.6 Å². The van der Waals surface area contributed by atoms with Crippen LogP contribution in [-0.2, 0) is 22.7 Å². The molecule has 2 aromatic rings. The number of ether oxygens (including phenoxy) is 2. The van der Waals surface area contributed by atoms with Crippen molar-refractivity contribution in [1.29, 1.82) is 0 Å². The molecular formula is C28H42N4O6. The second-order valence-corrected chi connectivity index (χ2v) is 8.89. The zero-order valence-electron chi connectivity index (χ0n) is 22.5. The average molecular weight is 531 g/mol. The SMILES string of the molecule is CCOc1cc(CNNC(=O)CCCCCCCCC(=O)NNCc2ccc(O)c(OCC)c2)ccc1O. The van der Waals surface area contributed by atoms with Crippen LogP contribution in [0, 0.1) is 0 Å². The molecule has 0 bridgehead atoms. The summed E-state index contributed by atoms with van der Waals surface area (Å²) in [5.74, 6) is 0.937. The lowest BCUT2D eigenvalue weighted by atomic mass is 10.1. The van der Waals surface area contributed by atoms with Crippen molar-refractivity contribution in [2.45, 2.75) is 78.3 Å². The zero-order chi connectivity index (χ0) is 27.6. The van der Waals surface area contributed by atoms with Gasteiger partial charge in [-0.3, -0.25) is 20.4 Å². The molecule has 10 nitrogen and oxygen atoms in total. The molecule has 0 unspecified atom stereocenters. The molecule has 2 rings (SSSR count). The van der Waals surface area contributed by atoms with Gasteiger partial charge in [0.05, 0.1) is 13.2 Å². The molecule has 10 heteroatoms. The second kappa shape index (κ2) is 17.9. The van der Waals surface area contributed by atoms with Crippen molar-refractivity contribution in [2.24, 2.45) is 0 Å². The number of aromatic hydroxyl groups is 2. The minimum atomic E-state index is -0.0561. The Kier molecular flexibility index (Phi) is 14.4. The van der Waals surface area contributed by atoms with Gasteiger partial charge < -0.3 is 19.7 Å². The molecule has 0 aliphatic heterocycles. The van der Waals surface area contributed by atoms with Gasteiger partial charge in [-0.25, -0.2) is 10.9 Å². The highest BCUT2D eigenvalue weighted by atomic mass is 16.5. The van der Waals surface area contributed by atoms with E-state index >= 15 is 0 Å². The maximum absolute atomic E-state index is 12.0. The first-order valence-corrected chi connectivity index (χ1v) is 13.4. The molecule has 0 spiro atoms. The first kappa shape index (κ1) is 30.7. The van der Waals surface area contributed by atoms with Gasteiger partial charge in [-0.2, -0.15) is 0 Å². The van der Waals surface area contributed by atoms with Crippen molar-refractivity contribution in [3.8, 4) is 23.0 Å². The summed E-state index contributed by atoms with van der Waals surface area (Å²) in [5.41, 5.74) is 13.0. The van der Waals surface area contributed by atoms with Gasteiger partial charge in [0.25, 0.3) is 0 Å². The highest BCUT2D eigenvalue weighted by molar-refractivity contribution is 5.75. The predicted molar refractivity (Wildman–Crippen MR) is 145 cm³/mol. The summed E-state index contributed by atoms with van der Waals surface area (Å²) in [6, 6.07) is 10.2. The Morgan fingerprint density at radius 2 is 1.05 bits per heavy atom. The van der Waals surface area contributed by atoms with Gasteiger partial charge in [0.2, 0.25) is 11.8 Å². The first-order chi connectivity index (χ1) is 18.4. The van der Waals surface area contributed by atoms with E-state index in [1.807, 2.05) is 13.8 Å². The average Bonchev–Trinajstić information content (AvgIpc) is 2.89. The van der Waals surface area contributed by atoms with Crippen LogP contribution in [0.15, 0.2) is 36.4 Å². The number of nitrogens with one attached hydrogen (secondary N) is 4. The van der Waals surface area contributed by atoms with E-state index < -0.39 is 0 Å². The van der Waals surface area contributed by atoms with Crippen molar-refractivity contribution < 1.29 is 29.3 Å². The second-order valence-electron chi connectivity index (χ2n) is 8.89. The normalized spacial score (nSPS) is 10.7. The highest BCUT2D eigenvalue weighted by Crippen LogP contribution is 2.27. The Hall–Kier alpha value is -3.50. The minimum absolute atomic E-state index is 0.0561. The van der Waals surface area contributed by atoms with Crippen LogP contribution in [0.4, 0.5) is 0 Å². The van der Waals surface area contributed by atoms with Crippen LogP contribution >= 0.6 is 0 Å². The maximum atomic E-state index is 12.0. The highest BCUT2D eigenvalue weighted by Gasteiger charge is 2.06. The monoisotopic (exact) mass is 530 g/mol. The Labute approximate surface area is 225 Å². The third kappa shape index (κ3) is 12.2. The summed E-state index contributed by atoms with van der Waals surface area (Å²) in [5, 5.41) is 19.5. The van der Waals surface area contributed by atoms with Crippen LogP contribution in [0.2, 0.25) is 0 Å². The van der Waals surface area contributed by atoms with Crippen LogP contribution in [0.1, 0.15) is 76.3 Å². The van der Waals surface area contributed by atoms with Crippen LogP contribution in [0.3, 0.4) is 0 Å². The Morgan fingerprint density at radius 3 is 1.45 bits per heavy atom. The zero-order valence-corrected chi connectivity index (χ0v) is 22.5. The van der Waals surface area contributed by atoms with E-state index in [4.69, 9.17) is 9.47 Å². The molecular weight excluding hydrogens is 488 g/mol. The van der Waals surface area contributed by atoms with Gasteiger partial charge in [-0.1, -0.05) is 37.8 Å². The summed E-state index contributed by atoms with van der Waals surface area (Å²) < 4.78 is 10.7. The van der Waals surface area contributed by atoms with E-state index in [9.17, 15) is 19.8 Å². The molecule has 210 valence electrons. The number of hydrogen-bond donors (Lipinski definition) is 6. The van der Waals surface area contributed by atoms with Gasteiger partial charge >= 0.3 is 0 Å². The van der Waals surface area contributed by atoms with Gasteiger partial charge in [0, 0.05) is 25.9 Å². The topological polar surface area (TPSA) is 141 Å². The molecule has 38 heavy (non-hydrogen) atoms. The number of hydrazine groups is 2. The lowest BCUT2D eigenvalue weighted by Crippen LogP contribution is -2.36. The van der Waals surface area contributed by atoms with E-state index in [1.54, 1.807) is 36.4 Å². The fraction of sp³-hybridized carbons (Fsp3) is 0.500. The van der Waals surface area contributed by atoms with Crippen molar-refractivity contribution >= 4 is 11.8 Å². The largest absolute Gasteiger partial charge is 0.504 e. The molecule has 0 saturated heterocycles. The number of phenols is 2. The Morgan fingerprint density at radius 1 is 0.658 bits per heavy atom. The molecule has 0 saturated carbocycles. The van der Waals surface area contributed by atoms with Gasteiger partial charge in [0.15, 0.2) is 23.0 Å². The molecule has 0 radical (unpaired) electrons. The summed E-state index contributed by atoms with van der Waals surface area (Å²) in [6.45, 7) is 5.50. The lowest BCUT2D eigenvalue weighted by molar-refractivity contribution is -0.123. The third-order valence-electron chi connectivity index (χ3n) is 5.75. The van der Waals surface area contributed by atoms with Gasteiger partial charge in [0.1, 0.15) is 0 Å². The van der Waals surface area contributed by atoms with Crippen LogP contribution in [0.5, 0.6) is 23.0 Å². The number of hydrogen-bond acceptors (Lipinski definition) is 8. The fourth-order valence-electron chi connectivity index (χ4n) is 3.77. The number of unbranched alkanes of at least 4 members (excludes halogenated alkanes) is 5. The molecule has 0 fully saturated rings. The lowest BCUT2D eigenvalue weighted by Gasteiger charge is -2.10. The van der Waals surface area contributed by atoms with Crippen molar-refractivity contribution in [1.82, 2.24) is 21.7 Å². The van der Waals surface area contributed by atoms with Gasteiger partial charge in [-0.05, 0) is 62.1 Å². The summed E-state index contributed by atoms with van der Waals surface area (Å²) in [7, 11) is 0.